The normalized spacial score (nSPS) is 15.8. The molecule has 0 atom stereocenters. The van der Waals surface area contributed by atoms with Gasteiger partial charge in [-0.1, -0.05) is 19.6 Å². The van der Waals surface area contributed by atoms with Crippen molar-refractivity contribution in [2.75, 3.05) is 5.75 Å². The van der Waals surface area contributed by atoms with Gasteiger partial charge in [-0.3, -0.25) is 0 Å². The number of aryl methyl sites for hydroxylation is 1. The predicted molar refractivity (Wildman–Crippen MR) is 125 cm³/mol. The van der Waals surface area contributed by atoms with Gasteiger partial charge in [0, 0.05) is 30.1 Å². The molecule has 0 saturated heterocycles. The molecule has 1 aliphatic rings. The Morgan fingerprint density at radius 3 is 2.25 bits per heavy atom. The number of alkyl halides is 6. The summed E-state index contributed by atoms with van der Waals surface area (Å²) in [5.41, 5.74) is -1.02. The molecule has 0 saturated carbocycles. The second-order valence-electron chi connectivity index (χ2n) is 8.16. The third kappa shape index (κ3) is 5.13. The number of allylic oxidation sites excluding steroid dienone is 4. The van der Waals surface area contributed by atoms with E-state index in [1.54, 1.807) is 0 Å². The van der Waals surface area contributed by atoms with Crippen LogP contribution in [0.3, 0.4) is 0 Å². The highest BCUT2D eigenvalue weighted by molar-refractivity contribution is 7.95. The first-order chi connectivity index (χ1) is 16.5. The number of halogens is 6. The molecule has 194 valence electrons. The molecular weight excluding hydrogens is 508 g/mol. The zero-order valence-corrected chi connectivity index (χ0v) is 20.6. The van der Waals surface area contributed by atoms with Crippen molar-refractivity contribution in [3.8, 4) is 11.3 Å². The summed E-state index contributed by atoms with van der Waals surface area (Å²) in [5, 5.41) is -0.426. The van der Waals surface area contributed by atoms with Gasteiger partial charge in [-0.25, -0.2) is 13.4 Å². The topological polar surface area (TPSA) is 55.2 Å². The average Bonchev–Trinajstić information content (AvgIpc) is 3.14. The summed E-state index contributed by atoms with van der Waals surface area (Å²) in [7, 11) is -2.56. The molecule has 12 heteroatoms. The van der Waals surface area contributed by atoms with E-state index in [-0.39, 0.29) is 22.7 Å². The maximum atomic E-state index is 13.4. The Labute approximate surface area is 204 Å². The minimum Gasteiger partial charge on any atom is -0.327 e. The molecule has 0 N–H and O–H groups in total. The summed E-state index contributed by atoms with van der Waals surface area (Å²) in [6, 6.07) is 3.55. The van der Waals surface area contributed by atoms with E-state index in [1.165, 1.54) is 50.7 Å². The second-order valence-corrected chi connectivity index (χ2v) is 10.4. The predicted octanol–water partition coefficient (Wildman–Crippen LogP) is 6.37. The Balaban J connectivity index is 2.20. The lowest BCUT2D eigenvalue weighted by molar-refractivity contribution is -0.138. The Morgan fingerprint density at radius 2 is 1.72 bits per heavy atom. The highest BCUT2D eigenvalue weighted by Crippen LogP contribution is 2.37. The van der Waals surface area contributed by atoms with Gasteiger partial charge in [0.1, 0.15) is 10.9 Å². The van der Waals surface area contributed by atoms with Crippen LogP contribution in [-0.2, 0) is 23.1 Å². The Bertz CT molecular complexity index is 1410. The van der Waals surface area contributed by atoms with Crippen molar-refractivity contribution in [1.82, 2.24) is 14.5 Å². The van der Waals surface area contributed by atoms with Crippen molar-refractivity contribution in [2.24, 2.45) is 7.05 Å². The molecule has 5 nitrogen and oxygen atoms in total. The number of aromatic nitrogens is 2. The number of hydrogen-bond acceptors (Lipinski definition) is 4. The summed E-state index contributed by atoms with van der Waals surface area (Å²) in [6.45, 7) is 7.76. The molecule has 1 aromatic heterocycles. The number of rotatable bonds is 5. The van der Waals surface area contributed by atoms with E-state index >= 15 is 0 Å². The van der Waals surface area contributed by atoms with E-state index in [9.17, 15) is 34.8 Å². The molecular formula is C24H23F6N3O2S. The first kappa shape index (κ1) is 27.3. The van der Waals surface area contributed by atoms with Gasteiger partial charge >= 0.3 is 12.4 Å². The molecule has 1 aliphatic heterocycles. The summed E-state index contributed by atoms with van der Waals surface area (Å²) < 4.78 is 107. The lowest BCUT2D eigenvalue weighted by atomic mass is 10.0. The maximum Gasteiger partial charge on any atom is 0.417 e. The third-order valence-corrected chi connectivity index (χ3v) is 7.58. The zero-order chi connectivity index (χ0) is 27.2. The Morgan fingerprint density at radius 1 is 1.08 bits per heavy atom. The van der Waals surface area contributed by atoms with Crippen molar-refractivity contribution < 1.29 is 34.8 Å². The van der Waals surface area contributed by atoms with Crippen LogP contribution in [0.25, 0.3) is 16.8 Å². The molecule has 0 unspecified atom stereocenters. The minimum absolute atomic E-state index is 0.00201. The van der Waals surface area contributed by atoms with Gasteiger partial charge < -0.3 is 9.47 Å². The first-order valence-electron chi connectivity index (χ1n) is 10.6. The van der Waals surface area contributed by atoms with Crippen molar-refractivity contribution in [3.63, 3.8) is 0 Å². The summed E-state index contributed by atoms with van der Waals surface area (Å²) in [6.07, 6.45) is -5.35. The molecule has 1 aromatic carbocycles. The number of hydrogen-bond donors (Lipinski definition) is 0. The van der Waals surface area contributed by atoms with Crippen LogP contribution in [0.4, 0.5) is 26.3 Å². The molecule has 0 spiro atoms. The Hall–Kier alpha value is -3.28. The van der Waals surface area contributed by atoms with E-state index in [0.29, 0.717) is 17.5 Å². The highest BCUT2D eigenvalue weighted by atomic mass is 32.2. The van der Waals surface area contributed by atoms with Crippen molar-refractivity contribution >= 4 is 15.4 Å². The van der Waals surface area contributed by atoms with Crippen LogP contribution in [0.1, 0.15) is 30.8 Å². The highest BCUT2D eigenvalue weighted by Gasteiger charge is 2.37. The number of imidazole rings is 1. The fourth-order valence-corrected chi connectivity index (χ4v) is 5.15. The van der Waals surface area contributed by atoms with Crippen LogP contribution in [0.15, 0.2) is 65.6 Å². The quantitative estimate of drug-likeness (QED) is 0.421. The molecule has 3 rings (SSSR count). The van der Waals surface area contributed by atoms with E-state index in [1.807, 2.05) is 0 Å². The third-order valence-electron chi connectivity index (χ3n) is 5.73. The van der Waals surface area contributed by atoms with Gasteiger partial charge in [0.05, 0.1) is 28.8 Å². The molecule has 36 heavy (non-hydrogen) atoms. The smallest absolute Gasteiger partial charge is 0.327 e. The van der Waals surface area contributed by atoms with E-state index in [2.05, 4.69) is 11.6 Å². The van der Waals surface area contributed by atoms with Crippen molar-refractivity contribution in [1.29, 1.82) is 0 Å². The average molecular weight is 532 g/mol. The van der Waals surface area contributed by atoms with Gasteiger partial charge in [-0.15, -0.1) is 0 Å². The lowest BCUT2D eigenvalue weighted by Crippen LogP contribution is -2.28. The van der Waals surface area contributed by atoms with Gasteiger partial charge in [-0.05, 0) is 43.7 Å². The molecule has 0 fully saturated rings. The van der Waals surface area contributed by atoms with Crippen LogP contribution in [0.2, 0.25) is 0 Å². The lowest BCUT2D eigenvalue weighted by Gasteiger charge is -2.29. The van der Waals surface area contributed by atoms with E-state index in [0.717, 1.165) is 23.1 Å². The van der Waals surface area contributed by atoms with Crippen LogP contribution >= 0.6 is 0 Å². The van der Waals surface area contributed by atoms with Crippen LogP contribution in [0.5, 0.6) is 0 Å². The summed E-state index contributed by atoms with van der Waals surface area (Å²) in [4.78, 5) is 5.12. The van der Waals surface area contributed by atoms with Gasteiger partial charge in [-0.2, -0.15) is 26.3 Å². The van der Waals surface area contributed by atoms with Crippen LogP contribution in [0, 0.1) is 6.92 Å². The van der Waals surface area contributed by atoms with E-state index in [4.69, 9.17) is 0 Å². The zero-order valence-electron chi connectivity index (χ0n) is 19.8. The monoisotopic (exact) mass is 531 g/mol. The molecule has 0 radical (unpaired) electrons. The van der Waals surface area contributed by atoms with E-state index < -0.39 is 44.1 Å². The standard InChI is InChI=1S/C24H23F6N3O2S/c1-6-36(34,35)22(33-13-18(23(25,26)27)9-7-15(33)3)16(4)21-31-12-20(32(21)5)17-8-10-19(14(2)11-17)24(28,29)30/h7-13H,3,6H2,1-2,4-5H3/b22-16-. The van der Waals surface area contributed by atoms with Crippen molar-refractivity contribution in [3.05, 3.63) is 82.6 Å². The van der Waals surface area contributed by atoms with Gasteiger partial charge in [0.15, 0.2) is 9.84 Å². The maximum absolute atomic E-state index is 13.4. The largest absolute Gasteiger partial charge is 0.417 e. The summed E-state index contributed by atoms with van der Waals surface area (Å²) >= 11 is 0. The molecule has 0 amide bonds. The number of sulfone groups is 1. The number of benzene rings is 1. The molecule has 0 bridgehead atoms. The first-order valence-corrected chi connectivity index (χ1v) is 12.2. The minimum atomic E-state index is -4.72. The molecule has 2 heterocycles. The molecule has 0 aliphatic carbocycles. The fourth-order valence-electron chi connectivity index (χ4n) is 3.85. The molecule has 2 aromatic rings. The second kappa shape index (κ2) is 9.30. The number of nitrogens with zero attached hydrogens (tertiary/aromatic N) is 3. The van der Waals surface area contributed by atoms with Gasteiger partial charge in [0.25, 0.3) is 0 Å². The fraction of sp³-hybridized carbons (Fsp3) is 0.292. The van der Waals surface area contributed by atoms with Crippen LogP contribution < -0.4 is 0 Å². The Kier molecular flexibility index (Phi) is 7.06. The van der Waals surface area contributed by atoms with Crippen molar-refractivity contribution in [2.45, 2.75) is 33.1 Å². The SMILES string of the molecule is C=C1C=CC(C(F)(F)F)=CN1/C(=C(\C)c1ncc(-c2ccc(C(F)(F)F)c(C)c2)n1C)S(=O)(=O)CC. The van der Waals surface area contributed by atoms with Crippen LogP contribution in [-0.4, -0.2) is 34.8 Å². The summed E-state index contributed by atoms with van der Waals surface area (Å²) in [5.74, 6) is -0.295. The van der Waals surface area contributed by atoms with Gasteiger partial charge in [0.2, 0.25) is 0 Å².